The molecule has 0 heterocycles. The van der Waals surface area contributed by atoms with Crippen LogP contribution in [0, 0.1) is 0 Å². The molecule has 1 amide bonds. The Kier molecular flexibility index (Phi) is 3.64. The van der Waals surface area contributed by atoms with Crippen molar-refractivity contribution in [2.75, 3.05) is 13.7 Å². The molecule has 0 spiro atoms. The Balaban J connectivity index is 1.82. The van der Waals surface area contributed by atoms with Gasteiger partial charge in [0.15, 0.2) is 6.61 Å². The number of benzene rings is 1. The third-order valence-electron chi connectivity index (χ3n) is 3.01. The Morgan fingerprint density at radius 3 is 2.59 bits per heavy atom. The van der Waals surface area contributed by atoms with Crippen LogP contribution in [0.5, 0.6) is 5.75 Å². The van der Waals surface area contributed by atoms with Gasteiger partial charge in [0.25, 0.3) is 5.91 Å². The topological polar surface area (TPSA) is 55.6 Å². The van der Waals surface area contributed by atoms with Gasteiger partial charge in [-0.2, -0.15) is 0 Å². The van der Waals surface area contributed by atoms with E-state index in [1.54, 1.807) is 4.90 Å². The Morgan fingerprint density at radius 1 is 1.41 bits per heavy atom. The van der Waals surface area contributed by atoms with Crippen molar-refractivity contribution in [3.05, 3.63) is 29.8 Å². The van der Waals surface area contributed by atoms with Gasteiger partial charge in [-0.15, -0.1) is 0 Å². The maximum Gasteiger partial charge on any atom is 0.260 e. The Morgan fingerprint density at radius 2 is 2.06 bits per heavy atom. The fourth-order valence-corrected chi connectivity index (χ4v) is 1.63. The Hall–Kier alpha value is -1.55. The average Bonchev–Trinajstić information content (AvgIpc) is 3.20. The standard InChI is InChI=1S/C13H18N2O2/c1-15(11-4-5-11)13(16)9-17-12-6-2-10(8-14)3-7-12/h2-3,6-7,11H,4-5,8-9,14H2,1H3. The van der Waals surface area contributed by atoms with Gasteiger partial charge in [0.05, 0.1) is 0 Å². The summed E-state index contributed by atoms with van der Waals surface area (Å²) in [6.45, 7) is 0.624. The molecule has 17 heavy (non-hydrogen) atoms. The summed E-state index contributed by atoms with van der Waals surface area (Å²) in [7, 11) is 1.83. The van der Waals surface area contributed by atoms with Crippen LogP contribution in [-0.2, 0) is 11.3 Å². The second-order valence-corrected chi connectivity index (χ2v) is 4.37. The summed E-state index contributed by atoms with van der Waals surface area (Å²) < 4.78 is 5.43. The number of nitrogens with two attached hydrogens (primary N) is 1. The summed E-state index contributed by atoms with van der Waals surface area (Å²) in [4.78, 5) is 13.5. The van der Waals surface area contributed by atoms with Crippen LogP contribution in [-0.4, -0.2) is 30.5 Å². The second-order valence-electron chi connectivity index (χ2n) is 4.37. The van der Waals surface area contributed by atoms with Gasteiger partial charge >= 0.3 is 0 Å². The Labute approximate surface area is 101 Å². The third kappa shape index (κ3) is 3.20. The van der Waals surface area contributed by atoms with Crippen LogP contribution >= 0.6 is 0 Å². The molecule has 1 aliphatic rings. The van der Waals surface area contributed by atoms with Gasteiger partial charge in [-0.25, -0.2) is 0 Å². The van der Waals surface area contributed by atoms with Crippen LogP contribution in [0.15, 0.2) is 24.3 Å². The molecule has 92 valence electrons. The zero-order valence-corrected chi connectivity index (χ0v) is 10.1. The maximum atomic E-state index is 11.7. The lowest BCUT2D eigenvalue weighted by molar-refractivity contribution is -0.132. The highest BCUT2D eigenvalue weighted by Crippen LogP contribution is 2.25. The lowest BCUT2D eigenvalue weighted by atomic mass is 10.2. The van der Waals surface area contributed by atoms with Gasteiger partial charge < -0.3 is 15.4 Å². The largest absolute Gasteiger partial charge is 0.484 e. The second kappa shape index (κ2) is 5.19. The number of rotatable bonds is 5. The first-order chi connectivity index (χ1) is 8.20. The molecule has 0 unspecified atom stereocenters. The lowest BCUT2D eigenvalue weighted by Gasteiger charge is -2.16. The molecule has 1 aromatic carbocycles. The first kappa shape index (κ1) is 11.9. The van der Waals surface area contributed by atoms with Gasteiger partial charge in [0, 0.05) is 19.6 Å². The predicted octanol–water partition coefficient (Wildman–Crippen LogP) is 1.14. The van der Waals surface area contributed by atoms with Crippen molar-refractivity contribution in [3.8, 4) is 5.75 Å². The number of hydrogen-bond acceptors (Lipinski definition) is 3. The molecule has 1 aromatic rings. The van der Waals surface area contributed by atoms with Crippen LogP contribution < -0.4 is 10.5 Å². The summed E-state index contributed by atoms with van der Waals surface area (Å²) in [5, 5.41) is 0. The zero-order chi connectivity index (χ0) is 12.3. The molecule has 0 aliphatic heterocycles. The van der Waals surface area contributed by atoms with Crippen LogP contribution in [0.3, 0.4) is 0 Å². The van der Waals surface area contributed by atoms with E-state index >= 15 is 0 Å². The minimum absolute atomic E-state index is 0.0374. The van der Waals surface area contributed by atoms with Gasteiger partial charge in [0.1, 0.15) is 5.75 Å². The normalized spacial score (nSPS) is 14.5. The van der Waals surface area contributed by atoms with Crippen LogP contribution in [0.25, 0.3) is 0 Å². The number of nitrogens with zero attached hydrogens (tertiary/aromatic N) is 1. The molecule has 1 saturated carbocycles. The molecule has 2 rings (SSSR count). The number of ether oxygens (including phenoxy) is 1. The highest BCUT2D eigenvalue weighted by atomic mass is 16.5. The molecule has 0 bridgehead atoms. The van der Waals surface area contributed by atoms with Gasteiger partial charge in [0.2, 0.25) is 0 Å². The van der Waals surface area contributed by atoms with E-state index in [-0.39, 0.29) is 12.5 Å². The number of carbonyl (C=O) groups excluding carboxylic acids is 1. The van der Waals surface area contributed by atoms with Crippen molar-refractivity contribution in [3.63, 3.8) is 0 Å². The molecule has 4 heteroatoms. The molecule has 0 radical (unpaired) electrons. The lowest BCUT2D eigenvalue weighted by Crippen LogP contribution is -2.33. The molecular formula is C13H18N2O2. The average molecular weight is 234 g/mol. The summed E-state index contributed by atoms with van der Waals surface area (Å²) in [5.74, 6) is 0.746. The molecule has 2 N–H and O–H groups in total. The fraction of sp³-hybridized carbons (Fsp3) is 0.462. The van der Waals surface area contributed by atoms with Crippen molar-refractivity contribution in [2.45, 2.75) is 25.4 Å². The van der Waals surface area contributed by atoms with Crippen LogP contribution in [0.1, 0.15) is 18.4 Å². The first-order valence-corrected chi connectivity index (χ1v) is 5.88. The van der Waals surface area contributed by atoms with Crippen molar-refractivity contribution in [1.29, 1.82) is 0 Å². The number of likely N-dealkylation sites (N-methyl/N-ethyl adjacent to an activating group) is 1. The minimum Gasteiger partial charge on any atom is -0.484 e. The van der Waals surface area contributed by atoms with Gasteiger partial charge in [-0.3, -0.25) is 4.79 Å². The van der Waals surface area contributed by atoms with Crippen molar-refractivity contribution < 1.29 is 9.53 Å². The van der Waals surface area contributed by atoms with Crippen molar-refractivity contribution in [1.82, 2.24) is 4.90 Å². The number of hydrogen-bond donors (Lipinski definition) is 1. The highest BCUT2D eigenvalue weighted by Gasteiger charge is 2.29. The van der Waals surface area contributed by atoms with E-state index in [4.69, 9.17) is 10.5 Å². The van der Waals surface area contributed by atoms with Crippen LogP contribution in [0.2, 0.25) is 0 Å². The maximum absolute atomic E-state index is 11.7. The third-order valence-corrected chi connectivity index (χ3v) is 3.01. The van der Waals surface area contributed by atoms with E-state index in [1.807, 2.05) is 31.3 Å². The van der Waals surface area contributed by atoms with E-state index in [1.165, 1.54) is 0 Å². The Bertz CT molecular complexity index is 385. The smallest absolute Gasteiger partial charge is 0.260 e. The molecule has 1 aliphatic carbocycles. The van der Waals surface area contributed by atoms with E-state index in [0.29, 0.717) is 18.3 Å². The van der Waals surface area contributed by atoms with Gasteiger partial charge in [-0.05, 0) is 30.5 Å². The molecule has 4 nitrogen and oxygen atoms in total. The minimum atomic E-state index is 0.0374. The van der Waals surface area contributed by atoms with Crippen molar-refractivity contribution >= 4 is 5.91 Å². The van der Waals surface area contributed by atoms with E-state index in [9.17, 15) is 4.79 Å². The van der Waals surface area contributed by atoms with E-state index in [2.05, 4.69) is 0 Å². The summed E-state index contributed by atoms with van der Waals surface area (Å²) >= 11 is 0. The van der Waals surface area contributed by atoms with E-state index in [0.717, 1.165) is 18.4 Å². The number of amides is 1. The highest BCUT2D eigenvalue weighted by molar-refractivity contribution is 5.78. The molecule has 0 aromatic heterocycles. The predicted molar refractivity (Wildman–Crippen MR) is 65.6 cm³/mol. The summed E-state index contributed by atoms with van der Waals surface area (Å²) in [5.41, 5.74) is 6.55. The monoisotopic (exact) mass is 234 g/mol. The fourth-order valence-electron chi connectivity index (χ4n) is 1.63. The van der Waals surface area contributed by atoms with Gasteiger partial charge in [-0.1, -0.05) is 12.1 Å². The van der Waals surface area contributed by atoms with E-state index < -0.39 is 0 Å². The molecule has 0 atom stereocenters. The summed E-state index contributed by atoms with van der Waals surface area (Å²) in [6, 6.07) is 7.93. The first-order valence-electron chi connectivity index (χ1n) is 5.88. The van der Waals surface area contributed by atoms with Crippen molar-refractivity contribution in [2.24, 2.45) is 5.73 Å². The molecule has 1 fully saturated rings. The van der Waals surface area contributed by atoms with Crippen LogP contribution in [0.4, 0.5) is 0 Å². The molecule has 0 saturated heterocycles. The zero-order valence-electron chi connectivity index (χ0n) is 10.1. The summed E-state index contributed by atoms with van der Waals surface area (Å²) in [6.07, 6.45) is 2.24. The molecular weight excluding hydrogens is 216 g/mol. The number of carbonyl (C=O) groups is 1. The SMILES string of the molecule is CN(C(=O)COc1ccc(CN)cc1)C1CC1. The quantitative estimate of drug-likeness (QED) is 0.831.